The standard InChI is InChI=1S/C29H26BrNO6/c1-3-5-12-21-18-22(31(34)35)14-15-23(21)29(33)37-27-24(13-6-4-2)25(16-17-26(27)30)28(32)36-19-20-10-8-7-9-11-20/h3-4,7-11,14-18H,1-2,5-6,12-13,19H2. The molecule has 0 unspecified atom stereocenters. The minimum absolute atomic E-state index is 0.0984. The van der Waals surface area contributed by atoms with Crippen molar-refractivity contribution >= 4 is 33.6 Å². The van der Waals surface area contributed by atoms with Crippen LogP contribution in [-0.2, 0) is 24.2 Å². The van der Waals surface area contributed by atoms with E-state index in [9.17, 15) is 19.7 Å². The zero-order valence-electron chi connectivity index (χ0n) is 20.2. The van der Waals surface area contributed by atoms with E-state index < -0.39 is 16.9 Å². The molecule has 190 valence electrons. The van der Waals surface area contributed by atoms with E-state index in [1.807, 2.05) is 30.3 Å². The van der Waals surface area contributed by atoms with Gasteiger partial charge in [0.2, 0.25) is 0 Å². The normalized spacial score (nSPS) is 10.4. The van der Waals surface area contributed by atoms with Crippen LogP contribution in [0.1, 0.15) is 50.2 Å². The summed E-state index contributed by atoms with van der Waals surface area (Å²) in [6, 6.07) is 16.6. The fourth-order valence-corrected chi connectivity index (χ4v) is 4.15. The van der Waals surface area contributed by atoms with Crippen LogP contribution in [0.3, 0.4) is 0 Å². The second-order valence-corrected chi connectivity index (χ2v) is 8.96. The Bertz CT molecular complexity index is 1320. The largest absolute Gasteiger partial charge is 0.457 e. The molecule has 0 spiro atoms. The maximum atomic E-state index is 13.3. The quantitative estimate of drug-likeness (QED) is 0.0761. The number of allylic oxidation sites excluding steroid dienone is 2. The van der Waals surface area contributed by atoms with Gasteiger partial charge in [-0.2, -0.15) is 0 Å². The second kappa shape index (κ2) is 13.3. The lowest BCUT2D eigenvalue weighted by Gasteiger charge is -2.17. The summed E-state index contributed by atoms with van der Waals surface area (Å²) in [6.07, 6.45) is 5.19. The molecule has 37 heavy (non-hydrogen) atoms. The first-order chi connectivity index (χ1) is 17.8. The van der Waals surface area contributed by atoms with Gasteiger partial charge in [-0.1, -0.05) is 42.5 Å². The molecule has 0 heterocycles. The van der Waals surface area contributed by atoms with Crippen LogP contribution in [0.25, 0.3) is 0 Å². The number of esters is 2. The number of halogens is 1. The van der Waals surface area contributed by atoms with Crippen LogP contribution in [0.5, 0.6) is 5.75 Å². The van der Waals surface area contributed by atoms with Gasteiger partial charge in [-0.3, -0.25) is 10.1 Å². The third kappa shape index (κ3) is 7.24. The van der Waals surface area contributed by atoms with Crippen LogP contribution in [-0.4, -0.2) is 16.9 Å². The highest BCUT2D eigenvalue weighted by atomic mass is 79.9. The summed E-state index contributed by atoms with van der Waals surface area (Å²) in [5.41, 5.74) is 2.17. The molecule has 0 aliphatic rings. The molecule has 0 aromatic heterocycles. The molecule has 0 radical (unpaired) electrons. The Hall–Kier alpha value is -4.04. The highest BCUT2D eigenvalue weighted by Gasteiger charge is 2.24. The Morgan fingerprint density at radius 1 is 0.919 bits per heavy atom. The van der Waals surface area contributed by atoms with E-state index in [1.54, 1.807) is 24.3 Å². The number of rotatable bonds is 12. The van der Waals surface area contributed by atoms with Gasteiger partial charge in [0.15, 0.2) is 0 Å². The maximum Gasteiger partial charge on any atom is 0.343 e. The Morgan fingerprint density at radius 3 is 2.27 bits per heavy atom. The fourth-order valence-electron chi connectivity index (χ4n) is 3.70. The second-order valence-electron chi connectivity index (χ2n) is 8.11. The van der Waals surface area contributed by atoms with Crippen LogP contribution in [0.15, 0.2) is 90.4 Å². The molecule has 0 amide bonds. The van der Waals surface area contributed by atoms with Gasteiger partial charge in [0, 0.05) is 17.7 Å². The zero-order valence-corrected chi connectivity index (χ0v) is 21.7. The number of ether oxygens (including phenoxy) is 2. The van der Waals surface area contributed by atoms with Crippen molar-refractivity contribution in [3.63, 3.8) is 0 Å². The summed E-state index contributed by atoms with van der Waals surface area (Å²) >= 11 is 3.43. The van der Waals surface area contributed by atoms with Gasteiger partial charge < -0.3 is 9.47 Å². The average molecular weight is 564 g/mol. The van der Waals surface area contributed by atoms with E-state index in [-0.39, 0.29) is 29.2 Å². The summed E-state index contributed by atoms with van der Waals surface area (Å²) < 4.78 is 11.8. The molecule has 0 N–H and O–H groups in total. The van der Waals surface area contributed by atoms with Gasteiger partial charge >= 0.3 is 11.9 Å². The number of nitrogens with zero attached hydrogens (tertiary/aromatic N) is 1. The van der Waals surface area contributed by atoms with Crippen LogP contribution in [0.4, 0.5) is 5.69 Å². The minimum atomic E-state index is -0.690. The van der Waals surface area contributed by atoms with E-state index in [0.717, 1.165) is 5.56 Å². The molecule has 8 heteroatoms. The number of non-ortho nitro benzene ring substituents is 1. The number of hydrogen-bond donors (Lipinski definition) is 0. The van der Waals surface area contributed by atoms with Crippen molar-refractivity contribution < 1.29 is 24.0 Å². The lowest BCUT2D eigenvalue weighted by molar-refractivity contribution is -0.384. The number of benzene rings is 3. The van der Waals surface area contributed by atoms with Crippen molar-refractivity contribution in [3.05, 3.63) is 128 Å². The molecule has 0 aliphatic carbocycles. The molecule has 3 rings (SSSR count). The average Bonchev–Trinajstić information content (AvgIpc) is 2.91. The van der Waals surface area contributed by atoms with Gasteiger partial charge in [-0.25, -0.2) is 9.59 Å². The molecule has 3 aromatic carbocycles. The first-order valence-electron chi connectivity index (χ1n) is 11.6. The summed E-state index contributed by atoms with van der Waals surface area (Å²) in [5.74, 6) is -1.05. The highest BCUT2D eigenvalue weighted by Crippen LogP contribution is 2.35. The van der Waals surface area contributed by atoms with Crippen LogP contribution < -0.4 is 4.74 Å². The predicted octanol–water partition coefficient (Wildman–Crippen LogP) is 7.17. The molecular weight excluding hydrogens is 538 g/mol. The minimum Gasteiger partial charge on any atom is -0.457 e. The van der Waals surface area contributed by atoms with Gasteiger partial charge in [0.05, 0.1) is 20.5 Å². The molecular formula is C29H26BrNO6. The van der Waals surface area contributed by atoms with Gasteiger partial charge in [0.25, 0.3) is 5.69 Å². The van der Waals surface area contributed by atoms with E-state index in [4.69, 9.17) is 9.47 Å². The number of hydrogen-bond acceptors (Lipinski definition) is 6. The molecule has 0 bridgehead atoms. The smallest absolute Gasteiger partial charge is 0.343 e. The molecule has 7 nitrogen and oxygen atoms in total. The highest BCUT2D eigenvalue weighted by molar-refractivity contribution is 9.10. The first kappa shape index (κ1) is 27.5. The fraction of sp³-hybridized carbons (Fsp3) is 0.172. The Labute approximate surface area is 223 Å². The van der Waals surface area contributed by atoms with Crippen molar-refractivity contribution in [2.75, 3.05) is 0 Å². The van der Waals surface area contributed by atoms with Gasteiger partial charge in [-0.15, -0.1) is 13.2 Å². The zero-order chi connectivity index (χ0) is 26.8. The number of carbonyl (C=O) groups excluding carboxylic acids is 2. The summed E-state index contributed by atoms with van der Waals surface area (Å²) in [7, 11) is 0. The lowest BCUT2D eigenvalue weighted by atomic mass is 10.0. The summed E-state index contributed by atoms with van der Waals surface area (Å²) in [5, 5.41) is 11.2. The van der Waals surface area contributed by atoms with Gasteiger partial charge in [-0.05, 0) is 70.9 Å². The van der Waals surface area contributed by atoms with Crippen molar-refractivity contribution in [1.29, 1.82) is 0 Å². The number of nitro benzene ring substituents is 1. The Kier molecular flexibility index (Phi) is 9.92. The van der Waals surface area contributed by atoms with Crippen molar-refractivity contribution in [3.8, 4) is 5.75 Å². The monoisotopic (exact) mass is 563 g/mol. The van der Waals surface area contributed by atoms with E-state index >= 15 is 0 Å². The van der Waals surface area contributed by atoms with E-state index in [2.05, 4.69) is 29.1 Å². The topological polar surface area (TPSA) is 95.7 Å². The molecule has 0 aliphatic heterocycles. The SMILES string of the molecule is C=CCCc1cc([N+](=O)[O-])ccc1C(=O)Oc1c(Br)ccc(C(=O)OCc2ccccc2)c1CCC=C. The van der Waals surface area contributed by atoms with Crippen LogP contribution in [0, 0.1) is 10.1 Å². The van der Waals surface area contributed by atoms with E-state index in [0.29, 0.717) is 41.3 Å². The van der Waals surface area contributed by atoms with Crippen molar-refractivity contribution in [1.82, 2.24) is 0 Å². The Balaban J connectivity index is 1.95. The van der Waals surface area contributed by atoms with Gasteiger partial charge in [0.1, 0.15) is 12.4 Å². The summed E-state index contributed by atoms with van der Waals surface area (Å²) in [6.45, 7) is 7.53. The number of aryl methyl sites for hydroxylation is 1. The molecule has 0 fully saturated rings. The summed E-state index contributed by atoms with van der Waals surface area (Å²) in [4.78, 5) is 37.0. The number of carbonyl (C=O) groups is 2. The maximum absolute atomic E-state index is 13.3. The van der Waals surface area contributed by atoms with Crippen molar-refractivity contribution in [2.45, 2.75) is 32.3 Å². The molecule has 0 atom stereocenters. The molecule has 3 aromatic rings. The van der Waals surface area contributed by atoms with Crippen molar-refractivity contribution in [2.24, 2.45) is 0 Å². The van der Waals surface area contributed by atoms with Crippen LogP contribution >= 0.6 is 15.9 Å². The van der Waals surface area contributed by atoms with E-state index in [1.165, 1.54) is 18.2 Å². The predicted molar refractivity (Wildman–Crippen MR) is 145 cm³/mol. The third-order valence-electron chi connectivity index (χ3n) is 5.58. The van der Waals surface area contributed by atoms with Crippen LogP contribution in [0.2, 0.25) is 0 Å². The lowest BCUT2D eigenvalue weighted by Crippen LogP contribution is -2.16. The molecule has 0 saturated heterocycles. The Morgan fingerprint density at radius 2 is 1.59 bits per heavy atom. The third-order valence-corrected chi connectivity index (χ3v) is 6.20. The number of nitro groups is 1. The molecule has 0 saturated carbocycles. The first-order valence-corrected chi connectivity index (χ1v) is 12.4.